The second kappa shape index (κ2) is 10.5. The SMILES string of the molecule is Cc1cccn2c(=O)c(/C=C3\SC(=S)N(CCCc4ccccc4)C3=O)c(N3CCN(C)CC3)nc12. The van der Waals surface area contributed by atoms with Crippen LogP contribution in [-0.2, 0) is 11.2 Å². The fourth-order valence-corrected chi connectivity index (χ4v) is 5.89. The third kappa shape index (κ3) is 4.96. The van der Waals surface area contributed by atoms with E-state index in [1.807, 2.05) is 37.3 Å². The van der Waals surface area contributed by atoms with E-state index in [-0.39, 0.29) is 11.5 Å². The molecule has 0 bridgehead atoms. The number of anilines is 1. The molecule has 9 heteroatoms. The summed E-state index contributed by atoms with van der Waals surface area (Å²) in [6.07, 6.45) is 5.13. The number of aryl methyl sites for hydroxylation is 2. The van der Waals surface area contributed by atoms with Crippen LogP contribution in [-0.4, -0.2) is 69.2 Å². The third-order valence-corrected chi connectivity index (χ3v) is 8.08. The van der Waals surface area contributed by atoms with Crippen LogP contribution < -0.4 is 10.5 Å². The molecule has 0 N–H and O–H groups in total. The van der Waals surface area contributed by atoms with Gasteiger partial charge in [-0.25, -0.2) is 4.98 Å². The standard InChI is InChI=1S/C27H29N5O2S2/c1-19-8-6-12-31-23(19)28-24(30-16-14-29(2)15-17-30)21(25(31)33)18-22-26(34)32(27(35)36-22)13-7-11-20-9-4-3-5-10-20/h3-6,8-10,12,18H,7,11,13-17H2,1-2H3/b22-18-. The van der Waals surface area contributed by atoms with Crippen molar-refractivity contribution in [3.63, 3.8) is 0 Å². The number of thioether (sulfide) groups is 1. The van der Waals surface area contributed by atoms with E-state index in [9.17, 15) is 9.59 Å². The van der Waals surface area contributed by atoms with Crippen molar-refractivity contribution in [2.75, 3.05) is 44.7 Å². The molecule has 36 heavy (non-hydrogen) atoms. The molecule has 0 saturated carbocycles. The Morgan fingerprint density at radius 2 is 1.81 bits per heavy atom. The molecule has 2 fully saturated rings. The number of aromatic nitrogens is 2. The molecule has 2 aliphatic rings. The van der Waals surface area contributed by atoms with Crippen molar-refractivity contribution in [3.05, 3.63) is 80.6 Å². The molecule has 4 heterocycles. The Bertz CT molecular complexity index is 1390. The van der Waals surface area contributed by atoms with E-state index in [1.54, 1.807) is 21.6 Å². The van der Waals surface area contributed by atoms with Crippen LogP contribution in [0.1, 0.15) is 23.1 Å². The van der Waals surface area contributed by atoms with Crippen molar-refractivity contribution in [2.45, 2.75) is 19.8 Å². The summed E-state index contributed by atoms with van der Waals surface area (Å²) >= 11 is 6.81. The number of benzene rings is 1. The van der Waals surface area contributed by atoms with Crippen molar-refractivity contribution in [2.24, 2.45) is 0 Å². The van der Waals surface area contributed by atoms with Crippen molar-refractivity contribution in [3.8, 4) is 0 Å². The van der Waals surface area contributed by atoms with Gasteiger partial charge in [0.15, 0.2) is 0 Å². The van der Waals surface area contributed by atoms with Gasteiger partial charge in [0.1, 0.15) is 15.8 Å². The van der Waals surface area contributed by atoms with Gasteiger partial charge in [-0.1, -0.05) is 60.4 Å². The summed E-state index contributed by atoms with van der Waals surface area (Å²) in [5, 5.41) is 0. The number of amides is 1. The van der Waals surface area contributed by atoms with Crippen LogP contribution in [0.5, 0.6) is 0 Å². The molecule has 186 valence electrons. The summed E-state index contributed by atoms with van der Waals surface area (Å²) in [7, 11) is 2.09. The highest BCUT2D eigenvalue weighted by molar-refractivity contribution is 8.26. The first-order chi connectivity index (χ1) is 17.4. The zero-order valence-corrected chi connectivity index (χ0v) is 22.1. The van der Waals surface area contributed by atoms with Gasteiger partial charge in [0.05, 0.1) is 10.5 Å². The number of carbonyl (C=O) groups excluding carboxylic acids is 1. The zero-order valence-electron chi connectivity index (χ0n) is 20.5. The number of carbonyl (C=O) groups is 1. The first-order valence-electron chi connectivity index (χ1n) is 12.2. The number of hydrogen-bond acceptors (Lipinski definition) is 7. The van der Waals surface area contributed by atoms with E-state index in [0.29, 0.717) is 32.8 Å². The maximum Gasteiger partial charge on any atom is 0.267 e. The molecule has 1 aromatic carbocycles. The van der Waals surface area contributed by atoms with E-state index >= 15 is 0 Å². The average molecular weight is 520 g/mol. The van der Waals surface area contributed by atoms with E-state index in [4.69, 9.17) is 17.2 Å². The second-order valence-corrected chi connectivity index (χ2v) is 10.9. The summed E-state index contributed by atoms with van der Waals surface area (Å²) in [6.45, 7) is 5.82. The topological polar surface area (TPSA) is 61.2 Å². The van der Waals surface area contributed by atoms with Gasteiger partial charge in [-0.2, -0.15) is 0 Å². The number of hydrogen-bond donors (Lipinski definition) is 0. The van der Waals surface area contributed by atoms with Crippen LogP contribution in [0.2, 0.25) is 0 Å². The Labute approximate surface area is 220 Å². The molecule has 0 atom stereocenters. The molecule has 0 unspecified atom stereocenters. The van der Waals surface area contributed by atoms with Crippen LogP contribution in [0.3, 0.4) is 0 Å². The van der Waals surface area contributed by atoms with E-state index in [2.05, 4.69) is 29.0 Å². The molecular formula is C27H29N5O2S2. The minimum Gasteiger partial charge on any atom is -0.353 e. The molecule has 0 aliphatic carbocycles. The normalized spacial score (nSPS) is 18.1. The van der Waals surface area contributed by atoms with Crippen LogP contribution >= 0.6 is 24.0 Å². The molecule has 0 spiro atoms. The van der Waals surface area contributed by atoms with Crippen LogP contribution in [0.4, 0.5) is 5.82 Å². The quantitative estimate of drug-likeness (QED) is 0.364. The minimum absolute atomic E-state index is 0.142. The first-order valence-corrected chi connectivity index (χ1v) is 13.4. The van der Waals surface area contributed by atoms with Crippen LogP contribution in [0.25, 0.3) is 11.7 Å². The molecule has 0 radical (unpaired) electrons. The lowest BCUT2D eigenvalue weighted by molar-refractivity contribution is -0.122. The molecule has 7 nitrogen and oxygen atoms in total. The number of nitrogens with zero attached hydrogens (tertiary/aromatic N) is 5. The minimum atomic E-state index is -0.174. The van der Waals surface area contributed by atoms with Gasteiger partial charge in [0.2, 0.25) is 0 Å². The Hall–Kier alpha value is -3.01. The highest BCUT2D eigenvalue weighted by atomic mass is 32.2. The van der Waals surface area contributed by atoms with Crippen LogP contribution in [0.15, 0.2) is 58.4 Å². The molecule has 5 rings (SSSR count). The first kappa shape index (κ1) is 24.7. The van der Waals surface area contributed by atoms with Crippen molar-refractivity contribution in [1.82, 2.24) is 19.2 Å². The number of thiocarbonyl (C=S) groups is 1. The maximum absolute atomic E-state index is 13.7. The summed E-state index contributed by atoms with van der Waals surface area (Å²) < 4.78 is 2.10. The van der Waals surface area contributed by atoms with Gasteiger partial charge in [0.25, 0.3) is 11.5 Å². The molecule has 2 aliphatic heterocycles. The summed E-state index contributed by atoms with van der Waals surface area (Å²) in [5.74, 6) is 0.493. The number of likely N-dealkylation sites (N-methyl/N-ethyl adjacent to an activating group) is 1. The monoisotopic (exact) mass is 519 g/mol. The highest BCUT2D eigenvalue weighted by Gasteiger charge is 2.33. The maximum atomic E-state index is 13.7. The van der Waals surface area contributed by atoms with Gasteiger partial charge >= 0.3 is 0 Å². The number of fused-ring (bicyclic) bond motifs is 1. The van der Waals surface area contributed by atoms with Gasteiger partial charge in [-0.15, -0.1) is 0 Å². The van der Waals surface area contributed by atoms with Gasteiger partial charge in [-0.05, 0) is 50.1 Å². The van der Waals surface area contributed by atoms with Crippen molar-refractivity contribution < 1.29 is 4.79 Å². The zero-order chi connectivity index (χ0) is 25.2. The molecule has 2 aromatic heterocycles. The van der Waals surface area contributed by atoms with Crippen molar-refractivity contribution >= 4 is 51.7 Å². The highest BCUT2D eigenvalue weighted by Crippen LogP contribution is 2.34. The number of pyridine rings is 1. The van der Waals surface area contributed by atoms with Crippen molar-refractivity contribution in [1.29, 1.82) is 0 Å². The van der Waals surface area contributed by atoms with Gasteiger partial charge in [-0.3, -0.25) is 18.9 Å². The lowest BCUT2D eigenvalue weighted by Gasteiger charge is -2.34. The van der Waals surface area contributed by atoms with E-state index in [0.717, 1.165) is 44.6 Å². The van der Waals surface area contributed by atoms with E-state index < -0.39 is 0 Å². The Morgan fingerprint density at radius 3 is 2.56 bits per heavy atom. The summed E-state index contributed by atoms with van der Waals surface area (Å²) in [6, 6.07) is 14.0. The lowest BCUT2D eigenvalue weighted by Crippen LogP contribution is -2.45. The fourth-order valence-electron chi connectivity index (χ4n) is 4.60. The summed E-state index contributed by atoms with van der Waals surface area (Å²) in [5.41, 5.74) is 3.07. The van der Waals surface area contributed by atoms with Crippen LogP contribution in [0, 0.1) is 6.92 Å². The largest absolute Gasteiger partial charge is 0.353 e. The Morgan fingerprint density at radius 1 is 1.06 bits per heavy atom. The van der Waals surface area contributed by atoms with Gasteiger partial charge in [0, 0.05) is 38.9 Å². The smallest absolute Gasteiger partial charge is 0.267 e. The molecule has 1 amide bonds. The fraction of sp³-hybridized carbons (Fsp3) is 0.333. The van der Waals surface area contributed by atoms with E-state index in [1.165, 1.54) is 17.3 Å². The average Bonchev–Trinajstić information content (AvgIpc) is 3.14. The second-order valence-electron chi connectivity index (χ2n) is 9.25. The predicted octanol–water partition coefficient (Wildman–Crippen LogP) is 3.59. The predicted molar refractivity (Wildman–Crippen MR) is 151 cm³/mol. The van der Waals surface area contributed by atoms with Gasteiger partial charge < -0.3 is 9.80 Å². The number of piperazine rings is 1. The number of rotatable bonds is 6. The third-order valence-electron chi connectivity index (χ3n) is 6.71. The summed E-state index contributed by atoms with van der Waals surface area (Å²) in [4.78, 5) is 38.5. The molecule has 3 aromatic rings. The molecule has 2 saturated heterocycles. The Kier molecular flexibility index (Phi) is 7.22. The lowest BCUT2D eigenvalue weighted by atomic mass is 10.1. The molecular weight excluding hydrogens is 490 g/mol. The Balaban J connectivity index is 1.46.